The highest BCUT2D eigenvalue weighted by atomic mass is 32.2. The lowest BCUT2D eigenvalue weighted by molar-refractivity contribution is -0.115. The molecule has 1 aromatic carbocycles. The minimum Gasteiger partial charge on any atom is -0.497 e. The van der Waals surface area contributed by atoms with Gasteiger partial charge in [-0.2, -0.15) is 5.26 Å². The third kappa shape index (κ3) is 5.09. The Kier molecular flexibility index (Phi) is 6.60. The predicted molar refractivity (Wildman–Crippen MR) is 109 cm³/mol. The number of hydrogen-bond acceptors (Lipinski definition) is 6. The summed E-state index contributed by atoms with van der Waals surface area (Å²) in [6.07, 6.45) is 3.56. The largest absolute Gasteiger partial charge is 0.497 e. The van der Waals surface area contributed by atoms with Crippen LogP contribution in [0.3, 0.4) is 0 Å². The number of carbonyl (C=O) groups excluding carboxylic acids is 1. The minimum atomic E-state index is -0.0940. The van der Waals surface area contributed by atoms with Crippen molar-refractivity contribution in [3.63, 3.8) is 0 Å². The van der Waals surface area contributed by atoms with Crippen LogP contribution in [0, 0.1) is 11.3 Å². The van der Waals surface area contributed by atoms with Crippen molar-refractivity contribution >= 4 is 23.4 Å². The van der Waals surface area contributed by atoms with Gasteiger partial charge in [0.1, 0.15) is 16.8 Å². The van der Waals surface area contributed by atoms with E-state index in [4.69, 9.17) is 4.74 Å². The molecule has 6 nitrogen and oxygen atoms in total. The van der Waals surface area contributed by atoms with Crippen LogP contribution < -0.4 is 10.1 Å². The molecule has 2 heterocycles. The highest BCUT2D eigenvalue weighted by Crippen LogP contribution is 2.27. The van der Waals surface area contributed by atoms with Crippen molar-refractivity contribution in [3.05, 3.63) is 66.5 Å². The van der Waals surface area contributed by atoms with Gasteiger partial charge >= 0.3 is 0 Å². The third-order valence-electron chi connectivity index (χ3n) is 3.90. The molecule has 0 atom stereocenters. The summed E-state index contributed by atoms with van der Waals surface area (Å²) >= 11 is 1.40. The molecule has 1 N–H and O–H groups in total. The van der Waals surface area contributed by atoms with Crippen LogP contribution in [-0.2, 0) is 4.79 Å². The second-order valence-electron chi connectivity index (χ2n) is 5.77. The fourth-order valence-electron chi connectivity index (χ4n) is 2.46. The van der Waals surface area contributed by atoms with Gasteiger partial charge in [-0.1, -0.05) is 0 Å². The lowest BCUT2D eigenvalue weighted by atomic mass is 10.1. The number of nitrogens with one attached hydrogen (secondary N) is 1. The number of methoxy groups -OCH3 is 1. The van der Waals surface area contributed by atoms with Gasteiger partial charge in [-0.15, -0.1) is 11.8 Å². The lowest BCUT2D eigenvalue weighted by Crippen LogP contribution is -2.12. The van der Waals surface area contributed by atoms with Crippen molar-refractivity contribution in [2.45, 2.75) is 11.4 Å². The number of nitrogens with zero attached hydrogens (tertiary/aromatic N) is 3. The summed E-state index contributed by atoms with van der Waals surface area (Å²) in [6, 6.07) is 16.8. The molecule has 0 aliphatic heterocycles. The number of carbonyl (C=O) groups is 1. The van der Waals surface area contributed by atoms with E-state index in [1.807, 2.05) is 30.3 Å². The van der Waals surface area contributed by atoms with Gasteiger partial charge in [0.05, 0.1) is 18.4 Å². The van der Waals surface area contributed by atoms with E-state index in [-0.39, 0.29) is 5.91 Å². The first kappa shape index (κ1) is 19.4. The zero-order valence-corrected chi connectivity index (χ0v) is 16.1. The molecule has 0 aliphatic carbocycles. The van der Waals surface area contributed by atoms with Gasteiger partial charge in [-0.05, 0) is 48.5 Å². The molecule has 28 heavy (non-hydrogen) atoms. The van der Waals surface area contributed by atoms with Crippen LogP contribution in [0.2, 0.25) is 0 Å². The molecule has 0 spiro atoms. The molecule has 0 bridgehead atoms. The Bertz CT molecular complexity index is 986. The fourth-order valence-corrected chi connectivity index (χ4v) is 3.37. The second kappa shape index (κ2) is 9.53. The van der Waals surface area contributed by atoms with E-state index in [1.165, 1.54) is 11.8 Å². The summed E-state index contributed by atoms with van der Waals surface area (Å²) in [7, 11) is 1.62. The number of hydrogen-bond donors (Lipinski definition) is 1. The summed E-state index contributed by atoms with van der Waals surface area (Å²) in [4.78, 5) is 20.6. The quantitative estimate of drug-likeness (QED) is 0.610. The highest BCUT2D eigenvalue weighted by Gasteiger charge is 2.10. The van der Waals surface area contributed by atoms with Gasteiger partial charge in [0.25, 0.3) is 0 Å². The van der Waals surface area contributed by atoms with Crippen molar-refractivity contribution in [2.75, 3.05) is 18.2 Å². The summed E-state index contributed by atoms with van der Waals surface area (Å²) < 4.78 is 5.17. The average molecular weight is 390 g/mol. The topological polar surface area (TPSA) is 87.9 Å². The number of amides is 1. The Morgan fingerprint density at radius 3 is 2.57 bits per heavy atom. The number of pyridine rings is 2. The summed E-state index contributed by atoms with van der Waals surface area (Å²) in [5.74, 6) is 1.20. The molecule has 3 aromatic rings. The molecule has 3 rings (SSSR count). The molecule has 0 aliphatic rings. The average Bonchev–Trinajstić information content (AvgIpc) is 2.74. The molecule has 7 heteroatoms. The van der Waals surface area contributed by atoms with Gasteiger partial charge in [-0.3, -0.25) is 9.78 Å². The summed E-state index contributed by atoms with van der Waals surface area (Å²) in [5, 5.41) is 12.8. The Labute approximate surface area is 167 Å². The van der Waals surface area contributed by atoms with Crippen LogP contribution in [-0.4, -0.2) is 28.7 Å². The number of thioether (sulfide) groups is 1. The summed E-state index contributed by atoms with van der Waals surface area (Å²) in [6.45, 7) is 0. The van der Waals surface area contributed by atoms with Crippen LogP contribution in [0.4, 0.5) is 5.69 Å². The van der Waals surface area contributed by atoms with Crippen molar-refractivity contribution in [1.82, 2.24) is 9.97 Å². The van der Waals surface area contributed by atoms with Crippen molar-refractivity contribution in [1.29, 1.82) is 5.26 Å². The molecule has 0 fully saturated rings. The van der Waals surface area contributed by atoms with Gasteiger partial charge in [0, 0.05) is 35.8 Å². The molecular weight excluding hydrogens is 372 g/mol. The minimum absolute atomic E-state index is 0.0940. The first-order valence-electron chi connectivity index (χ1n) is 8.58. The van der Waals surface area contributed by atoms with Gasteiger partial charge in [0.2, 0.25) is 5.91 Å². The van der Waals surface area contributed by atoms with Crippen LogP contribution in [0.25, 0.3) is 11.3 Å². The smallest absolute Gasteiger partial charge is 0.225 e. The number of rotatable bonds is 7. The Morgan fingerprint density at radius 2 is 1.89 bits per heavy atom. The standard InChI is InChI=1S/C21H18N4O2S/c1-27-18-5-2-15(3-6-18)19-7-4-16(14-22)21(25-19)28-13-10-20(26)24-17-8-11-23-12-9-17/h2-9,11-12H,10,13H2,1H3,(H,23,24,26). The van der Waals surface area contributed by atoms with E-state index in [0.29, 0.717) is 28.5 Å². The van der Waals surface area contributed by atoms with E-state index in [9.17, 15) is 10.1 Å². The van der Waals surface area contributed by atoms with Crippen LogP contribution >= 0.6 is 11.8 Å². The van der Waals surface area contributed by atoms with E-state index in [2.05, 4.69) is 21.4 Å². The molecule has 0 unspecified atom stereocenters. The summed E-state index contributed by atoms with van der Waals surface area (Å²) in [5.41, 5.74) is 2.91. The normalized spacial score (nSPS) is 10.1. The second-order valence-corrected chi connectivity index (χ2v) is 6.86. The third-order valence-corrected chi connectivity index (χ3v) is 4.89. The molecule has 0 saturated carbocycles. The Morgan fingerprint density at radius 1 is 1.14 bits per heavy atom. The zero-order chi connectivity index (χ0) is 19.8. The van der Waals surface area contributed by atoms with E-state index in [0.717, 1.165) is 17.0 Å². The first-order chi connectivity index (χ1) is 13.7. The molecular formula is C21H18N4O2S. The number of anilines is 1. The van der Waals surface area contributed by atoms with Crippen molar-refractivity contribution < 1.29 is 9.53 Å². The van der Waals surface area contributed by atoms with E-state index >= 15 is 0 Å². The molecule has 0 radical (unpaired) electrons. The van der Waals surface area contributed by atoms with Gasteiger partial charge in [-0.25, -0.2) is 4.98 Å². The number of ether oxygens (including phenoxy) is 1. The maximum atomic E-state index is 12.1. The van der Waals surface area contributed by atoms with E-state index in [1.54, 1.807) is 37.7 Å². The lowest BCUT2D eigenvalue weighted by Gasteiger charge is -2.08. The Balaban J connectivity index is 1.65. The monoisotopic (exact) mass is 390 g/mol. The van der Waals surface area contributed by atoms with Gasteiger partial charge < -0.3 is 10.1 Å². The SMILES string of the molecule is COc1ccc(-c2ccc(C#N)c(SCCC(=O)Nc3ccncc3)n2)cc1. The van der Waals surface area contributed by atoms with E-state index < -0.39 is 0 Å². The molecule has 140 valence electrons. The maximum Gasteiger partial charge on any atom is 0.225 e. The number of benzene rings is 1. The fraction of sp³-hybridized carbons (Fsp3) is 0.143. The van der Waals surface area contributed by atoms with Crippen molar-refractivity contribution in [2.24, 2.45) is 0 Å². The number of nitriles is 1. The first-order valence-corrected chi connectivity index (χ1v) is 9.56. The maximum absolute atomic E-state index is 12.1. The number of aromatic nitrogens is 2. The highest BCUT2D eigenvalue weighted by molar-refractivity contribution is 7.99. The predicted octanol–water partition coefficient (Wildman–Crippen LogP) is 4.14. The van der Waals surface area contributed by atoms with Crippen molar-refractivity contribution in [3.8, 4) is 23.1 Å². The van der Waals surface area contributed by atoms with Crippen LogP contribution in [0.15, 0.2) is 66.0 Å². The molecule has 2 aromatic heterocycles. The van der Waals surface area contributed by atoms with Crippen LogP contribution in [0.5, 0.6) is 5.75 Å². The van der Waals surface area contributed by atoms with Crippen LogP contribution in [0.1, 0.15) is 12.0 Å². The molecule has 0 saturated heterocycles. The Hall–Kier alpha value is -3.37. The molecule has 1 amide bonds. The van der Waals surface area contributed by atoms with Gasteiger partial charge in [0.15, 0.2) is 0 Å². The zero-order valence-electron chi connectivity index (χ0n) is 15.3.